The van der Waals surface area contributed by atoms with E-state index < -0.39 is 0 Å². The molecule has 1 nitrogen and oxygen atoms in total. The summed E-state index contributed by atoms with van der Waals surface area (Å²) in [6.07, 6.45) is 6.39. The van der Waals surface area contributed by atoms with E-state index >= 15 is 0 Å². The fraction of sp³-hybridized carbons (Fsp3) is 0.714. The Hall–Kier alpha value is -0.340. The van der Waals surface area contributed by atoms with Gasteiger partial charge >= 0.3 is 0 Å². The highest BCUT2D eigenvalue weighted by atomic mass is 32.1. The van der Waals surface area contributed by atoms with E-state index in [0.717, 1.165) is 12.3 Å². The number of hydrogen-bond donors (Lipinski definition) is 1. The second-order valence-corrected chi connectivity index (χ2v) is 5.67. The molecule has 0 aromatic carbocycles. The van der Waals surface area contributed by atoms with Crippen molar-refractivity contribution in [2.75, 3.05) is 0 Å². The molecule has 0 fully saturated rings. The quantitative estimate of drug-likeness (QED) is 0.735. The van der Waals surface area contributed by atoms with Crippen LogP contribution in [0.5, 0.6) is 0 Å². The average molecular weight is 239 g/mol. The minimum absolute atomic E-state index is 0.252. The maximum atomic E-state index is 6.30. The zero-order valence-corrected chi connectivity index (χ0v) is 11.6. The van der Waals surface area contributed by atoms with Crippen molar-refractivity contribution in [1.82, 2.24) is 0 Å². The average Bonchev–Trinajstić information content (AvgIpc) is 2.70. The van der Waals surface area contributed by atoms with Crippen LogP contribution >= 0.6 is 11.3 Å². The van der Waals surface area contributed by atoms with Crippen molar-refractivity contribution in [3.05, 3.63) is 21.9 Å². The number of nitrogens with two attached hydrogens (primary N) is 1. The lowest BCUT2D eigenvalue weighted by molar-refractivity contribution is 0.390. The molecule has 0 saturated heterocycles. The van der Waals surface area contributed by atoms with Crippen LogP contribution in [-0.2, 0) is 0 Å². The molecule has 0 aliphatic rings. The van der Waals surface area contributed by atoms with E-state index in [1.807, 2.05) is 11.3 Å². The Bertz CT molecular complexity index is 293. The highest BCUT2D eigenvalue weighted by molar-refractivity contribution is 7.10. The second-order valence-electron chi connectivity index (χ2n) is 4.73. The van der Waals surface area contributed by atoms with E-state index in [-0.39, 0.29) is 6.04 Å². The van der Waals surface area contributed by atoms with E-state index in [9.17, 15) is 0 Å². The zero-order valence-electron chi connectivity index (χ0n) is 10.8. The van der Waals surface area contributed by atoms with Crippen molar-refractivity contribution < 1.29 is 0 Å². The molecule has 0 radical (unpaired) electrons. The first-order chi connectivity index (χ1) is 7.69. The summed E-state index contributed by atoms with van der Waals surface area (Å²) < 4.78 is 0. The number of thiophene rings is 1. The Morgan fingerprint density at radius 1 is 1.38 bits per heavy atom. The first kappa shape index (κ1) is 13.7. The minimum atomic E-state index is 0.252. The smallest absolute Gasteiger partial charge is 0.0395 e. The molecule has 0 aliphatic heterocycles. The molecule has 1 rings (SSSR count). The Morgan fingerprint density at radius 3 is 2.62 bits per heavy atom. The van der Waals surface area contributed by atoms with Crippen LogP contribution in [0.2, 0.25) is 0 Å². The van der Waals surface area contributed by atoms with E-state index in [2.05, 4.69) is 32.2 Å². The summed E-state index contributed by atoms with van der Waals surface area (Å²) in [5, 5.41) is 2.15. The van der Waals surface area contributed by atoms with E-state index in [0.29, 0.717) is 0 Å². The number of hydrogen-bond acceptors (Lipinski definition) is 2. The minimum Gasteiger partial charge on any atom is -0.323 e. The van der Waals surface area contributed by atoms with Crippen molar-refractivity contribution in [1.29, 1.82) is 0 Å². The largest absolute Gasteiger partial charge is 0.323 e. The third-order valence-corrected chi connectivity index (χ3v) is 4.52. The van der Waals surface area contributed by atoms with E-state index in [4.69, 9.17) is 5.73 Å². The molecule has 92 valence electrons. The lowest BCUT2D eigenvalue weighted by Gasteiger charge is -2.19. The lowest BCUT2D eigenvalue weighted by Crippen LogP contribution is -2.15. The molecule has 16 heavy (non-hydrogen) atoms. The molecule has 0 spiro atoms. The highest BCUT2D eigenvalue weighted by Gasteiger charge is 2.15. The van der Waals surface area contributed by atoms with Crippen LogP contribution < -0.4 is 5.73 Å². The highest BCUT2D eigenvalue weighted by Crippen LogP contribution is 2.29. The van der Waals surface area contributed by atoms with Crippen molar-refractivity contribution in [2.24, 2.45) is 11.7 Å². The third-order valence-electron chi connectivity index (χ3n) is 3.37. The Morgan fingerprint density at radius 2 is 2.12 bits per heavy atom. The van der Waals surface area contributed by atoms with Crippen molar-refractivity contribution in [3.8, 4) is 0 Å². The normalized spacial score (nSPS) is 15.0. The number of unbranched alkanes of at least 4 members (excludes halogenated alkanes) is 1. The van der Waals surface area contributed by atoms with Gasteiger partial charge in [0.1, 0.15) is 0 Å². The van der Waals surface area contributed by atoms with Crippen molar-refractivity contribution >= 4 is 11.3 Å². The molecule has 2 heteroatoms. The molecule has 2 N–H and O–H groups in total. The van der Waals surface area contributed by atoms with Crippen LogP contribution in [0.15, 0.2) is 11.4 Å². The van der Waals surface area contributed by atoms with Gasteiger partial charge in [0, 0.05) is 10.9 Å². The fourth-order valence-electron chi connectivity index (χ4n) is 2.21. The molecular weight excluding hydrogens is 214 g/mol. The van der Waals surface area contributed by atoms with Crippen LogP contribution in [0.1, 0.15) is 62.4 Å². The van der Waals surface area contributed by atoms with Gasteiger partial charge in [0.05, 0.1) is 0 Å². The fourth-order valence-corrected chi connectivity index (χ4v) is 3.16. The molecular formula is C14H25NS. The van der Waals surface area contributed by atoms with Crippen molar-refractivity contribution in [2.45, 2.75) is 58.9 Å². The number of rotatable bonds is 7. The van der Waals surface area contributed by atoms with Crippen LogP contribution in [0, 0.1) is 12.8 Å². The zero-order chi connectivity index (χ0) is 12.0. The Balaban J connectivity index is 2.48. The summed E-state index contributed by atoms with van der Waals surface area (Å²) in [5.74, 6) is 0.802. The first-order valence-corrected chi connectivity index (χ1v) is 7.36. The van der Waals surface area contributed by atoms with Crippen molar-refractivity contribution in [3.63, 3.8) is 0 Å². The van der Waals surface area contributed by atoms with Crippen LogP contribution in [0.3, 0.4) is 0 Å². The molecule has 0 amide bonds. The van der Waals surface area contributed by atoms with Gasteiger partial charge in [0.2, 0.25) is 0 Å². The molecule has 2 unspecified atom stereocenters. The van der Waals surface area contributed by atoms with E-state index in [1.165, 1.54) is 36.1 Å². The summed E-state index contributed by atoms with van der Waals surface area (Å²) >= 11 is 1.81. The molecule has 1 heterocycles. The first-order valence-electron chi connectivity index (χ1n) is 6.48. The van der Waals surface area contributed by atoms with Gasteiger partial charge in [0.15, 0.2) is 0 Å². The lowest BCUT2D eigenvalue weighted by atomic mass is 9.91. The Labute approximate surface area is 104 Å². The van der Waals surface area contributed by atoms with Gasteiger partial charge in [-0.05, 0) is 36.3 Å². The van der Waals surface area contributed by atoms with Gasteiger partial charge in [0.25, 0.3) is 0 Å². The standard InChI is InChI=1S/C14H25NS/c1-4-6-7-12(5-2)10-13(15)14-11(3)8-9-16-14/h8-9,12-13H,4-7,10,15H2,1-3H3. The van der Waals surface area contributed by atoms with Gasteiger partial charge in [-0.3, -0.25) is 0 Å². The molecule has 1 aromatic rings. The molecule has 0 bridgehead atoms. The van der Waals surface area contributed by atoms with Crippen LogP contribution in [0.4, 0.5) is 0 Å². The summed E-state index contributed by atoms with van der Waals surface area (Å²) in [6.45, 7) is 6.71. The van der Waals surface area contributed by atoms with Gasteiger partial charge in [-0.15, -0.1) is 11.3 Å². The molecule has 2 atom stereocenters. The molecule has 1 aromatic heterocycles. The van der Waals surface area contributed by atoms with Gasteiger partial charge < -0.3 is 5.73 Å². The van der Waals surface area contributed by atoms with Gasteiger partial charge in [-0.2, -0.15) is 0 Å². The third kappa shape index (κ3) is 3.91. The number of aryl methyl sites for hydroxylation is 1. The maximum Gasteiger partial charge on any atom is 0.0395 e. The molecule has 0 aliphatic carbocycles. The maximum absolute atomic E-state index is 6.30. The predicted molar refractivity (Wildman–Crippen MR) is 73.9 cm³/mol. The monoisotopic (exact) mass is 239 g/mol. The summed E-state index contributed by atoms with van der Waals surface area (Å²) in [7, 11) is 0. The summed E-state index contributed by atoms with van der Waals surface area (Å²) in [6, 6.07) is 2.43. The van der Waals surface area contributed by atoms with Gasteiger partial charge in [-0.1, -0.05) is 39.5 Å². The van der Waals surface area contributed by atoms with Crippen LogP contribution in [-0.4, -0.2) is 0 Å². The SMILES string of the molecule is CCCCC(CC)CC(N)c1sccc1C. The topological polar surface area (TPSA) is 26.0 Å². The van der Waals surface area contributed by atoms with Crippen LogP contribution in [0.25, 0.3) is 0 Å². The van der Waals surface area contributed by atoms with E-state index in [1.54, 1.807) is 0 Å². The predicted octanol–water partition coefficient (Wildman–Crippen LogP) is 4.66. The summed E-state index contributed by atoms with van der Waals surface area (Å²) in [5.41, 5.74) is 7.66. The summed E-state index contributed by atoms with van der Waals surface area (Å²) in [4.78, 5) is 1.38. The second kappa shape index (κ2) is 7.08. The van der Waals surface area contributed by atoms with Gasteiger partial charge in [-0.25, -0.2) is 0 Å². The Kier molecular flexibility index (Phi) is 6.07. The molecule has 0 saturated carbocycles.